The predicted octanol–water partition coefficient (Wildman–Crippen LogP) is 2.53. The lowest BCUT2D eigenvalue weighted by Gasteiger charge is -2.10. The molecule has 11 heteroatoms. The van der Waals surface area contributed by atoms with Gasteiger partial charge in [-0.25, -0.2) is 9.59 Å². The number of aliphatic imine (C=N–C) groups is 2. The van der Waals surface area contributed by atoms with Crippen molar-refractivity contribution in [2.75, 3.05) is 49.9 Å². The average molecular weight is 499 g/mol. The van der Waals surface area contributed by atoms with Gasteiger partial charge < -0.3 is 31.9 Å². The van der Waals surface area contributed by atoms with E-state index in [4.69, 9.17) is 0 Å². The largest absolute Gasteiger partial charge is 0.368 e. The monoisotopic (exact) mass is 498 g/mol. The van der Waals surface area contributed by atoms with E-state index in [0.717, 1.165) is 73.2 Å². The van der Waals surface area contributed by atoms with Crippen LogP contribution < -0.4 is 31.9 Å². The maximum absolute atomic E-state index is 12.1. The van der Waals surface area contributed by atoms with Crippen molar-refractivity contribution in [3.8, 4) is 0 Å². The molecule has 2 aromatic carbocycles. The Morgan fingerprint density at radius 2 is 1.09 bits per heavy atom. The fraction of sp³-hybridized carbons (Fsp3) is 0.333. The lowest BCUT2D eigenvalue weighted by molar-refractivity contribution is 0.250. The van der Waals surface area contributed by atoms with Crippen LogP contribution in [0.1, 0.15) is 24.0 Å². The number of nitrogens with one attached hydrogen (secondary N) is 6. The fourth-order valence-electron chi connectivity index (χ4n) is 3.61. The molecule has 2 aromatic rings. The standard InChI is InChI=1S/C24H30N8O2.ClH/c33-23(31-19-7-3-17(4-8-19)21-25-13-14-26-21)29-11-1-2-12-30-24(34)32-20-9-5-18(6-10-20)22-27-15-16-28-22;/h3-10H,1-2,11-16H2,(H,25,26)(H,27,28)(H2,29,31,33)(H2,30,32,34);1H. The van der Waals surface area contributed by atoms with Gasteiger partial charge in [0.25, 0.3) is 0 Å². The first-order valence-corrected chi connectivity index (χ1v) is 11.5. The van der Waals surface area contributed by atoms with Gasteiger partial charge in [0.2, 0.25) is 0 Å². The van der Waals surface area contributed by atoms with E-state index in [9.17, 15) is 9.59 Å². The van der Waals surface area contributed by atoms with Crippen molar-refractivity contribution in [3.63, 3.8) is 0 Å². The second-order valence-corrected chi connectivity index (χ2v) is 7.94. The second-order valence-electron chi connectivity index (χ2n) is 7.94. The molecule has 0 aromatic heterocycles. The predicted molar refractivity (Wildman–Crippen MR) is 142 cm³/mol. The van der Waals surface area contributed by atoms with E-state index in [-0.39, 0.29) is 24.5 Å². The summed E-state index contributed by atoms with van der Waals surface area (Å²) in [5.74, 6) is 1.78. The number of nitrogens with zero attached hydrogens (tertiary/aromatic N) is 2. The number of carbonyl (C=O) groups is 2. The van der Waals surface area contributed by atoms with Gasteiger partial charge in [-0.05, 0) is 61.4 Å². The maximum Gasteiger partial charge on any atom is 0.319 e. The lowest BCUT2D eigenvalue weighted by atomic mass is 10.2. The molecule has 2 aliphatic rings. The molecule has 10 nitrogen and oxygen atoms in total. The van der Waals surface area contributed by atoms with Crippen LogP contribution in [0.5, 0.6) is 0 Å². The van der Waals surface area contributed by atoms with E-state index >= 15 is 0 Å². The Hall–Kier alpha value is -3.79. The zero-order valence-electron chi connectivity index (χ0n) is 19.4. The number of carbonyl (C=O) groups excluding carboxylic acids is 2. The van der Waals surface area contributed by atoms with Gasteiger partial charge in [0.05, 0.1) is 13.1 Å². The number of urea groups is 2. The molecule has 0 saturated heterocycles. The third-order valence-electron chi connectivity index (χ3n) is 5.36. The molecule has 0 aliphatic carbocycles. The summed E-state index contributed by atoms with van der Waals surface area (Å²) in [5.41, 5.74) is 3.46. The number of halogens is 1. The Kier molecular flexibility index (Phi) is 9.73. The van der Waals surface area contributed by atoms with Crippen LogP contribution in [-0.4, -0.2) is 63.0 Å². The number of anilines is 2. The summed E-state index contributed by atoms with van der Waals surface area (Å²) >= 11 is 0. The first-order chi connectivity index (χ1) is 16.7. The van der Waals surface area contributed by atoms with Gasteiger partial charge in [0, 0.05) is 48.7 Å². The van der Waals surface area contributed by atoms with Crippen molar-refractivity contribution in [3.05, 3.63) is 59.7 Å². The summed E-state index contributed by atoms with van der Waals surface area (Å²) in [7, 11) is 0. The average Bonchev–Trinajstić information content (AvgIpc) is 3.57. The number of unbranched alkanes of at least 4 members (excludes halogenated alkanes) is 1. The topological polar surface area (TPSA) is 131 Å². The van der Waals surface area contributed by atoms with Crippen molar-refractivity contribution < 1.29 is 9.59 Å². The molecule has 4 amide bonds. The van der Waals surface area contributed by atoms with Crippen molar-refractivity contribution >= 4 is 47.5 Å². The molecule has 0 saturated carbocycles. The molecule has 0 atom stereocenters. The summed E-state index contributed by atoms with van der Waals surface area (Å²) in [6, 6.07) is 14.6. The molecule has 186 valence electrons. The van der Waals surface area contributed by atoms with Gasteiger partial charge in [-0.2, -0.15) is 0 Å². The minimum atomic E-state index is -0.253. The molecular weight excluding hydrogens is 468 g/mol. The highest BCUT2D eigenvalue weighted by molar-refractivity contribution is 6.01. The van der Waals surface area contributed by atoms with Crippen molar-refractivity contribution in [2.24, 2.45) is 9.98 Å². The summed E-state index contributed by atoms with van der Waals surface area (Å²) in [6.45, 7) is 4.35. The highest BCUT2D eigenvalue weighted by Crippen LogP contribution is 2.12. The van der Waals surface area contributed by atoms with E-state index in [2.05, 4.69) is 41.9 Å². The molecule has 4 rings (SSSR count). The summed E-state index contributed by atoms with van der Waals surface area (Å²) in [5, 5.41) is 17.7. The van der Waals surface area contributed by atoms with Crippen LogP contribution in [0.25, 0.3) is 0 Å². The SMILES string of the molecule is Cl.O=C(NCCCCNC(=O)Nc1ccc(C2=NCCN2)cc1)Nc1ccc(C2=NCCN2)cc1. The molecule has 0 radical (unpaired) electrons. The van der Waals surface area contributed by atoms with Gasteiger partial charge >= 0.3 is 12.1 Å². The van der Waals surface area contributed by atoms with E-state index in [0.29, 0.717) is 13.1 Å². The highest BCUT2D eigenvalue weighted by Gasteiger charge is 2.09. The van der Waals surface area contributed by atoms with Crippen LogP contribution in [-0.2, 0) is 0 Å². The Morgan fingerprint density at radius 1 is 0.686 bits per heavy atom. The third-order valence-corrected chi connectivity index (χ3v) is 5.36. The zero-order valence-corrected chi connectivity index (χ0v) is 20.2. The van der Waals surface area contributed by atoms with Crippen LogP contribution >= 0.6 is 12.4 Å². The molecule has 0 unspecified atom stereocenters. The van der Waals surface area contributed by atoms with Crippen LogP contribution in [0.15, 0.2) is 58.5 Å². The smallest absolute Gasteiger partial charge is 0.319 e. The Morgan fingerprint density at radius 3 is 1.43 bits per heavy atom. The van der Waals surface area contributed by atoms with Gasteiger partial charge in [0.15, 0.2) is 0 Å². The Balaban J connectivity index is 0.00000342. The maximum atomic E-state index is 12.1. The van der Waals surface area contributed by atoms with Gasteiger partial charge in [-0.3, -0.25) is 9.98 Å². The van der Waals surface area contributed by atoms with E-state index < -0.39 is 0 Å². The number of benzene rings is 2. The van der Waals surface area contributed by atoms with Gasteiger partial charge in [-0.15, -0.1) is 12.4 Å². The molecule has 35 heavy (non-hydrogen) atoms. The Labute approximate surface area is 210 Å². The first kappa shape index (κ1) is 25.8. The minimum Gasteiger partial charge on any atom is -0.368 e. The van der Waals surface area contributed by atoms with Crippen LogP contribution in [0.3, 0.4) is 0 Å². The summed E-state index contributed by atoms with van der Waals surface area (Å²) in [6.07, 6.45) is 1.50. The number of hydrogen-bond acceptors (Lipinski definition) is 6. The molecular formula is C24H31ClN8O2. The zero-order chi connectivity index (χ0) is 23.6. The fourth-order valence-corrected chi connectivity index (χ4v) is 3.61. The van der Waals surface area contributed by atoms with E-state index in [1.807, 2.05) is 48.5 Å². The molecule has 0 spiro atoms. The van der Waals surface area contributed by atoms with Crippen molar-refractivity contribution in [2.45, 2.75) is 12.8 Å². The summed E-state index contributed by atoms with van der Waals surface area (Å²) < 4.78 is 0. The molecule has 6 N–H and O–H groups in total. The summed E-state index contributed by atoms with van der Waals surface area (Å²) in [4.78, 5) is 32.9. The molecule has 2 heterocycles. The minimum absolute atomic E-state index is 0. The molecule has 2 aliphatic heterocycles. The number of hydrogen-bond donors (Lipinski definition) is 6. The lowest BCUT2D eigenvalue weighted by Crippen LogP contribution is -2.31. The van der Waals surface area contributed by atoms with Crippen LogP contribution in [0, 0.1) is 0 Å². The van der Waals surface area contributed by atoms with Crippen molar-refractivity contribution in [1.29, 1.82) is 0 Å². The molecule has 0 bridgehead atoms. The number of amidine groups is 2. The van der Waals surface area contributed by atoms with Gasteiger partial charge in [-0.1, -0.05) is 0 Å². The van der Waals surface area contributed by atoms with Crippen LogP contribution in [0.2, 0.25) is 0 Å². The highest BCUT2D eigenvalue weighted by atomic mass is 35.5. The number of amides is 4. The van der Waals surface area contributed by atoms with E-state index in [1.165, 1.54) is 0 Å². The quantitative estimate of drug-likeness (QED) is 0.296. The van der Waals surface area contributed by atoms with E-state index in [1.54, 1.807) is 0 Å². The van der Waals surface area contributed by atoms with Crippen LogP contribution in [0.4, 0.5) is 21.0 Å². The Bertz CT molecular complexity index is 969. The first-order valence-electron chi connectivity index (χ1n) is 11.5. The molecule has 0 fully saturated rings. The third kappa shape index (κ3) is 7.89. The van der Waals surface area contributed by atoms with Crippen molar-refractivity contribution in [1.82, 2.24) is 21.3 Å². The number of rotatable bonds is 9. The normalized spacial score (nSPS) is 13.9. The second kappa shape index (κ2) is 13.2. The van der Waals surface area contributed by atoms with Gasteiger partial charge in [0.1, 0.15) is 11.7 Å².